The van der Waals surface area contributed by atoms with E-state index in [0.717, 1.165) is 16.5 Å². The van der Waals surface area contributed by atoms with E-state index in [9.17, 15) is 9.18 Å². The predicted molar refractivity (Wildman–Crippen MR) is 102 cm³/mol. The Morgan fingerprint density at radius 2 is 1.58 bits per heavy atom. The van der Waals surface area contributed by atoms with Gasteiger partial charge in [0.15, 0.2) is 0 Å². The fourth-order valence-electron chi connectivity index (χ4n) is 3.09. The minimum absolute atomic E-state index is 0.178. The molecule has 0 saturated heterocycles. The quantitative estimate of drug-likeness (QED) is 0.550. The number of nitrogens with zero attached hydrogens (tertiary/aromatic N) is 1. The summed E-state index contributed by atoms with van der Waals surface area (Å²) < 4.78 is 15.9. The topological polar surface area (TPSA) is 34.0 Å². The molecule has 4 aromatic rings. The van der Waals surface area contributed by atoms with Crippen LogP contribution in [0.1, 0.15) is 15.9 Å². The van der Waals surface area contributed by atoms with Crippen molar-refractivity contribution in [1.29, 1.82) is 0 Å². The molecule has 26 heavy (non-hydrogen) atoms. The molecule has 1 heterocycles. The van der Waals surface area contributed by atoms with Gasteiger partial charge in [-0.1, -0.05) is 60.7 Å². The summed E-state index contributed by atoms with van der Waals surface area (Å²) in [5, 5.41) is 3.51. The number of aromatic nitrogens is 1. The number of fused-ring (bicyclic) bond motifs is 1. The Morgan fingerprint density at radius 1 is 0.885 bits per heavy atom. The SMILES string of the molecule is O=C(Nc1ccccc1F)c1cn(Cc2ccccc2)c2ccccc12. The highest BCUT2D eigenvalue weighted by molar-refractivity contribution is 6.13. The average Bonchev–Trinajstić information content (AvgIpc) is 3.03. The summed E-state index contributed by atoms with van der Waals surface area (Å²) in [5.41, 5.74) is 2.82. The highest BCUT2D eigenvalue weighted by atomic mass is 19.1. The van der Waals surface area contributed by atoms with Crippen molar-refractivity contribution in [3.05, 3.63) is 102 Å². The van der Waals surface area contributed by atoms with E-state index in [1.54, 1.807) is 18.2 Å². The molecule has 128 valence electrons. The van der Waals surface area contributed by atoms with Crippen LogP contribution in [-0.4, -0.2) is 10.5 Å². The van der Waals surface area contributed by atoms with E-state index in [1.807, 2.05) is 65.4 Å². The number of benzene rings is 3. The molecule has 0 aliphatic carbocycles. The molecular weight excluding hydrogens is 327 g/mol. The normalized spacial score (nSPS) is 10.8. The molecule has 0 aliphatic rings. The van der Waals surface area contributed by atoms with Crippen LogP contribution in [0.15, 0.2) is 85.1 Å². The second-order valence-corrected chi connectivity index (χ2v) is 6.11. The van der Waals surface area contributed by atoms with E-state index in [1.165, 1.54) is 6.07 Å². The van der Waals surface area contributed by atoms with E-state index in [2.05, 4.69) is 5.32 Å². The highest BCUT2D eigenvalue weighted by Gasteiger charge is 2.16. The Bertz CT molecular complexity index is 1070. The molecule has 1 N–H and O–H groups in total. The molecule has 0 fully saturated rings. The number of nitrogens with one attached hydrogen (secondary N) is 1. The van der Waals surface area contributed by atoms with Crippen LogP contribution in [0, 0.1) is 5.82 Å². The summed E-state index contributed by atoms with van der Waals surface area (Å²) in [7, 11) is 0. The van der Waals surface area contributed by atoms with Crippen molar-refractivity contribution in [1.82, 2.24) is 4.57 Å². The number of amides is 1. The zero-order chi connectivity index (χ0) is 17.9. The van der Waals surface area contributed by atoms with Gasteiger partial charge in [0, 0.05) is 23.6 Å². The second kappa shape index (κ2) is 6.84. The van der Waals surface area contributed by atoms with Crippen molar-refractivity contribution in [2.24, 2.45) is 0 Å². The highest BCUT2D eigenvalue weighted by Crippen LogP contribution is 2.24. The summed E-state index contributed by atoms with van der Waals surface area (Å²) in [6.45, 7) is 0.661. The zero-order valence-corrected chi connectivity index (χ0v) is 14.0. The van der Waals surface area contributed by atoms with Crippen LogP contribution in [0.5, 0.6) is 0 Å². The predicted octanol–water partition coefficient (Wildman–Crippen LogP) is 5.08. The molecule has 3 aromatic carbocycles. The standard InChI is InChI=1S/C22H17FN2O/c23-19-11-5-6-12-20(19)24-22(26)18-15-25(14-16-8-2-1-3-9-16)21-13-7-4-10-17(18)21/h1-13,15H,14H2,(H,24,26). The maximum atomic E-state index is 13.9. The van der Waals surface area contributed by atoms with Gasteiger partial charge in [0.25, 0.3) is 5.91 Å². The number of carbonyl (C=O) groups excluding carboxylic acids is 1. The fourth-order valence-corrected chi connectivity index (χ4v) is 3.09. The molecule has 0 aliphatic heterocycles. The molecule has 0 atom stereocenters. The Balaban J connectivity index is 1.71. The van der Waals surface area contributed by atoms with Crippen molar-refractivity contribution < 1.29 is 9.18 Å². The number of halogens is 1. The molecule has 1 amide bonds. The maximum Gasteiger partial charge on any atom is 0.257 e. The molecule has 0 bridgehead atoms. The number of hydrogen-bond donors (Lipinski definition) is 1. The van der Waals surface area contributed by atoms with Gasteiger partial charge in [-0.25, -0.2) is 4.39 Å². The largest absolute Gasteiger partial charge is 0.342 e. The molecular formula is C22H17FN2O. The van der Waals surface area contributed by atoms with Gasteiger partial charge in [-0.2, -0.15) is 0 Å². The van der Waals surface area contributed by atoms with Crippen molar-refractivity contribution >= 4 is 22.5 Å². The molecule has 0 radical (unpaired) electrons. The number of anilines is 1. The lowest BCUT2D eigenvalue weighted by Gasteiger charge is -2.05. The first-order valence-electron chi connectivity index (χ1n) is 8.40. The van der Waals surface area contributed by atoms with Crippen LogP contribution in [-0.2, 0) is 6.54 Å². The number of hydrogen-bond acceptors (Lipinski definition) is 1. The Morgan fingerprint density at radius 3 is 2.38 bits per heavy atom. The third-order valence-corrected chi connectivity index (χ3v) is 4.35. The zero-order valence-electron chi connectivity index (χ0n) is 14.0. The first-order chi connectivity index (χ1) is 12.7. The van der Waals surface area contributed by atoms with Gasteiger partial charge in [-0.05, 0) is 23.8 Å². The van der Waals surface area contributed by atoms with Crippen LogP contribution < -0.4 is 5.32 Å². The monoisotopic (exact) mass is 344 g/mol. The molecule has 0 unspecified atom stereocenters. The summed E-state index contributed by atoms with van der Waals surface area (Å²) in [4.78, 5) is 12.8. The van der Waals surface area contributed by atoms with Gasteiger partial charge >= 0.3 is 0 Å². The second-order valence-electron chi connectivity index (χ2n) is 6.11. The van der Waals surface area contributed by atoms with Crippen molar-refractivity contribution in [3.8, 4) is 0 Å². The third-order valence-electron chi connectivity index (χ3n) is 4.35. The number of carbonyl (C=O) groups is 1. The number of para-hydroxylation sites is 2. The Labute approximate surface area is 150 Å². The van der Waals surface area contributed by atoms with Crippen LogP contribution in [0.2, 0.25) is 0 Å². The lowest BCUT2D eigenvalue weighted by atomic mass is 10.1. The van der Waals surface area contributed by atoms with Crippen LogP contribution in [0.3, 0.4) is 0 Å². The van der Waals surface area contributed by atoms with E-state index < -0.39 is 5.82 Å². The summed E-state index contributed by atoms with van der Waals surface area (Å²) in [5.74, 6) is -0.771. The molecule has 0 saturated carbocycles. The summed E-state index contributed by atoms with van der Waals surface area (Å²) in [6, 6.07) is 24.0. The summed E-state index contributed by atoms with van der Waals surface area (Å²) >= 11 is 0. The first-order valence-corrected chi connectivity index (χ1v) is 8.40. The lowest BCUT2D eigenvalue weighted by molar-refractivity contribution is 0.102. The average molecular weight is 344 g/mol. The van der Waals surface area contributed by atoms with Gasteiger partial charge in [-0.15, -0.1) is 0 Å². The molecule has 3 nitrogen and oxygen atoms in total. The Kier molecular flexibility index (Phi) is 4.23. The van der Waals surface area contributed by atoms with Crippen molar-refractivity contribution in [2.45, 2.75) is 6.54 Å². The van der Waals surface area contributed by atoms with Gasteiger partial charge in [0.05, 0.1) is 11.3 Å². The third kappa shape index (κ3) is 3.09. The first kappa shape index (κ1) is 16.1. The van der Waals surface area contributed by atoms with E-state index in [-0.39, 0.29) is 11.6 Å². The van der Waals surface area contributed by atoms with Crippen LogP contribution >= 0.6 is 0 Å². The lowest BCUT2D eigenvalue weighted by Crippen LogP contribution is -2.12. The van der Waals surface area contributed by atoms with E-state index >= 15 is 0 Å². The van der Waals surface area contributed by atoms with E-state index in [4.69, 9.17) is 0 Å². The van der Waals surface area contributed by atoms with Crippen molar-refractivity contribution in [2.75, 3.05) is 5.32 Å². The summed E-state index contributed by atoms with van der Waals surface area (Å²) in [6.07, 6.45) is 1.83. The number of rotatable bonds is 4. The van der Waals surface area contributed by atoms with Crippen LogP contribution in [0.25, 0.3) is 10.9 Å². The van der Waals surface area contributed by atoms with Gasteiger partial charge in [-0.3, -0.25) is 4.79 Å². The molecule has 1 aromatic heterocycles. The fraction of sp³-hybridized carbons (Fsp3) is 0.0455. The smallest absolute Gasteiger partial charge is 0.257 e. The molecule has 4 rings (SSSR count). The van der Waals surface area contributed by atoms with Gasteiger partial charge in [0.2, 0.25) is 0 Å². The maximum absolute atomic E-state index is 13.9. The molecule has 4 heteroatoms. The van der Waals surface area contributed by atoms with Crippen LogP contribution in [0.4, 0.5) is 10.1 Å². The van der Waals surface area contributed by atoms with Crippen molar-refractivity contribution in [3.63, 3.8) is 0 Å². The Hall–Kier alpha value is -3.40. The van der Waals surface area contributed by atoms with Gasteiger partial charge < -0.3 is 9.88 Å². The van der Waals surface area contributed by atoms with E-state index in [0.29, 0.717) is 12.1 Å². The minimum atomic E-state index is -0.450. The minimum Gasteiger partial charge on any atom is -0.342 e. The molecule has 0 spiro atoms. The van der Waals surface area contributed by atoms with Gasteiger partial charge in [0.1, 0.15) is 5.82 Å².